The van der Waals surface area contributed by atoms with E-state index in [2.05, 4.69) is 25.5 Å². The van der Waals surface area contributed by atoms with Gasteiger partial charge < -0.3 is 15.0 Å². The van der Waals surface area contributed by atoms with E-state index in [4.69, 9.17) is 4.74 Å². The van der Waals surface area contributed by atoms with Crippen molar-refractivity contribution in [3.63, 3.8) is 0 Å². The van der Waals surface area contributed by atoms with Crippen molar-refractivity contribution in [3.8, 4) is 5.75 Å². The quantitative estimate of drug-likeness (QED) is 0.478. The molecular weight excluding hydrogens is 424 g/mol. The van der Waals surface area contributed by atoms with Gasteiger partial charge in [0.25, 0.3) is 0 Å². The number of benzene rings is 1. The molecule has 1 aromatic carbocycles. The lowest BCUT2D eigenvalue weighted by molar-refractivity contribution is -0.135. The summed E-state index contributed by atoms with van der Waals surface area (Å²) in [6.07, 6.45) is 8.19. The first kappa shape index (κ1) is 19.5. The second-order valence-electron chi connectivity index (χ2n) is 8.66. The highest BCUT2D eigenvalue weighted by Gasteiger charge is 2.36. The third kappa shape index (κ3) is 3.19. The molecule has 3 aromatic heterocycles. The summed E-state index contributed by atoms with van der Waals surface area (Å²) in [5, 5.41) is 12.6. The molecule has 1 atom stereocenters. The van der Waals surface area contributed by atoms with Gasteiger partial charge in [-0.25, -0.2) is 9.97 Å². The molecule has 1 unspecified atom stereocenters. The minimum atomic E-state index is 0.0640. The van der Waals surface area contributed by atoms with E-state index in [1.807, 2.05) is 24.1 Å². The zero-order valence-corrected chi connectivity index (χ0v) is 18.8. The monoisotopic (exact) mass is 448 g/mol. The van der Waals surface area contributed by atoms with E-state index in [1.54, 1.807) is 31.0 Å². The number of aromatic amines is 1. The maximum absolute atomic E-state index is 12.9. The number of aryl methyl sites for hydroxylation is 1. The molecule has 2 aliphatic rings. The minimum Gasteiger partial charge on any atom is -0.494 e. The van der Waals surface area contributed by atoms with Crippen LogP contribution in [0.3, 0.4) is 0 Å². The third-order valence-corrected chi connectivity index (χ3v) is 7.81. The van der Waals surface area contributed by atoms with Crippen molar-refractivity contribution in [1.29, 1.82) is 0 Å². The summed E-state index contributed by atoms with van der Waals surface area (Å²) in [5.41, 5.74) is 3.02. The SMILES string of the molecule is COc1cc2[nH]ncc2cc1Nc1ncnc2sc3c(c12)CCC(C(=O)N(C)C1CC1)C3. The van der Waals surface area contributed by atoms with E-state index < -0.39 is 0 Å². The molecule has 0 bridgehead atoms. The van der Waals surface area contributed by atoms with Gasteiger partial charge in [-0.15, -0.1) is 11.3 Å². The number of nitrogens with zero attached hydrogens (tertiary/aromatic N) is 4. The fourth-order valence-electron chi connectivity index (χ4n) is 4.71. The van der Waals surface area contributed by atoms with Gasteiger partial charge in [0, 0.05) is 35.3 Å². The number of aromatic nitrogens is 4. The number of rotatable bonds is 5. The van der Waals surface area contributed by atoms with Gasteiger partial charge in [0.05, 0.1) is 29.9 Å². The number of ether oxygens (including phenoxy) is 1. The third-order valence-electron chi connectivity index (χ3n) is 6.65. The Bertz CT molecular complexity index is 1340. The Morgan fingerprint density at radius 3 is 2.97 bits per heavy atom. The molecule has 32 heavy (non-hydrogen) atoms. The summed E-state index contributed by atoms with van der Waals surface area (Å²) in [7, 11) is 3.61. The first-order valence-electron chi connectivity index (χ1n) is 10.9. The fourth-order valence-corrected chi connectivity index (χ4v) is 5.98. The number of fused-ring (bicyclic) bond motifs is 4. The molecule has 1 saturated carbocycles. The highest BCUT2D eigenvalue weighted by atomic mass is 32.1. The Hall–Kier alpha value is -3.20. The molecule has 164 valence electrons. The van der Waals surface area contributed by atoms with Gasteiger partial charge in [0.15, 0.2) is 0 Å². The molecule has 6 rings (SSSR count). The van der Waals surface area contributed by atoms with E-state index in [9.17, 15) is 4.79 Å². The number of carbonyl (C=O) groups is 1. The number of H-pyrrole nitrogens is 1. The standard InChI is InChI=1S/C23H24N6O2S/c1-29(14-4-5-14)23(30)12-3-6-15-19(8-12)32-22-20(15)21(24-11-25-22)27-17-7-13-10-26-28-16(13)9-18(17)31-2/h7,9-12,14H,3-6,8H2,1-2H3,(H,26,28)(H,24,25,27). The predicted octanol–water partition coefficient (Wildman–Crippen LogP) is 4.05. The molecule has 4 aromatic rings. The first-order chi connectivity index (χ1) is 15.6. The topological polar surface area (TPSA) is 96.0 Å². The van der Waals surface area contributed by atoms with Gasteiger partial charge in [-0.1, -0.05) is 0 Å². The number of carbonyl (C=O) groups excluding carboxylic acids is 1. The van der Waals surface area contributed by atoms with Gasteiger partial charge in [-0.05, 0) is 43.7 Å². The van der Waals surface area contributed by atoms with Crippen molar-refractivity contribution < 1.29 is 9.53 Å². The number of thiophene rings is 1. The second kappa shape index (κ2) is 7.44. The van der Waals surface area contributed by atoms with Crippen molar-refractivity contribution in [2.45, 2.75) is 38.1 Å². The van der Waals surface area contributed by atoms with Crippen LogP contribution in [0.5, 0.6) is 5.75 Å². The number of methoxy groups -OCH3 is 1. The van der Waals surface area contributed by atoms with Gasteiger partial charge in [0.2, 0.25) is 5.91 Å². The van der Waals surface area contributed by atoms with Crippen molar-refractivity contribution >= 4 is 49.9 Å². The van der Waals surface area contributed by atoms with Crippen LogP contribution in [-0.4, -0.2) is 51.2 Å². The molecule has 0 spiro atoms. The van der Waals surface area contributed by atoms with Crippen molar-refractivity contribution in [1.82, 2.24) is 25.1 Å². The lowest BCUT2D eigenvalue weighted by Gasteiger charge is -2.26. The Morgan fingerprint density at radius 2 is 2.16 bits per heavy atom. The van der Waals surface area contributed by atoms with E-state index >= 15 is 0 Å². The molecule has 0 aliphatic heterocycles. The van der Waals surface area contributed by atoms with E-state index in [1.165, 1.54) is 10.4 Å². The van der Waals surface area contributed by atoms with Gasteiger partial charge in [0.1, 0.15) is 22.7 Å². The average Bonchev–Trinajstić information content (AvgIpc) is 3.44. The van der Waals surface area contributed by atoms with Crippen LogP contribution in [0, 0.1) is 5.92 Å². The van der Waals surface area contributed by atoms with Crippen LogP contribution in [-0.2, 0) is 17.6 Å². The first-order valence-corrected chi connectivity index (χ1v) is 11.7. The molecule has 2 N–H and O–H groups in total. The lowest BCUT2D eigenvalue weighted by Crippen LogP contribution is -2.36. The Morgan fingerprint density at radius 1 is 1.28 bits per heavy atom. The molecule has 0 saturated heterocycles. The van der Waals surface area contributed by atoms with E-state index in [-0.39, 0.29) is 11.8 Å². The van der Waals surface area contributed by atoms with Crippen LogP contribution in [0.25, 0.3) is 21.1 Å². The summed E-state index contributed by atoms with van der Waals surface area (Å²) in [4.78, 5) is 26.2. The molecule has 3 heterocycles. The van der Waals surface area contributed by atoms with Crippen LogP contribution in [0.2, 0.25) is 0 Å². The zero-order valence-electron chi connectivity index (χ0n) is 18.0. The summed E-state index contributed by atoms with van der Waals surface area (Å²) < 4.78 is 5.60. The minimum absolute atomic E-state index is 0.0640. The number of amides is 1. The fraction of sp³-hybridized carbons (Fsp3) is 0.391. The Balaban J connectivity index is 1.35. The van der Waals surface area contributed by atoms with Crippen LogP contribution in [0.1, 0.15) is 29.7 Å². The van der Waals surface area contributed by atoms with Gasteiger partial charge in [-0.2, -0.15) is 5.10 Å². The maximum atomic E-state index is 12.9. The summed E-state index contributed by atoms with van der Waals surface area (Å²) >= 11 is 1.69. The molecule has 8 nitrogen and oxygen atoms in total. The van der Waals surface area contributed by atoms with Crippen molar-refractivity contribution in [2.24, 2.45) is 5.92 Å². The zero-order chi connectivity index (χ0) is 21.8. The van der Waals surface area contributed by atoms with Crippen molar-refractivity contribution in [3.05, 3.63) is 35.1 Å². The van der Waals surface area contributed by atoms with Crippen LogP contribution in [0.4, 0.5) is 11.5 Å². The molecule has 2 aliphatic carbocycles. The molecule has 1 fully saturated rings. The number of hydrogen-bond acceptors (Lipinski definition) is 7. The smallest absolute Gasteiger partial charge is 0.226 e. The van der Waals surface area contributed by atoms with E-state index in [0.29, 0.717) is 11.8 Å². The lowest BCUT2D eigenvalue weighted by atomic mass is 9.87. The van der Waals surface area contributed by atoms with Crippen molar-refractivity contribution in [2.75, 3.05) is 19.5 Å². The molecule has 0 radical (unpaired) electrons. The highest BCUT2D eigenvalue weighted by Crippen LogP contribution is 2.42. The average molecular weight is 449 g/mol. The number of anilines is 2. The number of nitrogens with one attached hydrogen (secondary N) is 2. The normalized spacial score (nSPS) is 18.0. The van der Waals surface area contributed by atoms with Gasteiger partial charge in [-0.3, -0.25) is 9.89 Å². The summed E-state index contributed by atoms with van der Waals surface area (Å²) in [6.45, 7) is 0. The van der Waals surface area contributed by atoms with E-state index in [0.717, 1.165) is 64.7 Å². The summed E-state index contributed by atoms with van der Waals surface area (Å²) in [5.74, 6) is 1.84. The highest BCUT2D eigenvalue weighted by molar-refractivity contribution is 7.19. The molecule has 1 amide bonds. The molecular formula is C23H24N6O2S. The second-order valence-corrected chi connectivity index (χ2v) is 9.74. The van der Waals surface area contributed by atoms with Gasteiger partial charge >= 0.3 is 0 Å². The van der Waals surface area contributed by atoms with Crippen LogP contribution in [0.15, 0.2) is 24.7 Å². The van der Waals surface area contributed by atoms with Crippen LogP contribution < -0.4 is 10.1 Å². The predicted molar refractivity (Wildman–Crippen MR) is 125 cm³/mol. The Kier molecular flexibility index (Phi) is 4.53. The maximum Gasteiger partial charge on any atom is 0.226 e. The Labute approximate surface area is 189 Å². The largest absolute Gasteiger partial charge is 0.494 e. The molecule has 9 heteroatoms. The number of hydrogen-bond donors (Lipinski definition) is 2. The summed E-state index contributed by atoms with van der Waals surface area (Å²) in [6, 6.07) is 4.39. The van der Waals surface area contributed by atoms with Crippen LogP contribution >= 0.6 is 11.3 Å².